The molecule has 1 aliphatic rings. The molecule has 6 nitrogen and oxygen atoms in total. The van der Waals surface area contributed by atoms with Gasteiger partial charge in [0.25, 0.3) is 0 Å². The van der Waals surface area contributed by atoms with E-state index in [1.807, 2.05) is 20.8 Å². The van der Waals surface area contributed by atoms with Gasteiger partial charge in [-0.25, -0.2) is 9.97 Å². The van der Waals surface area contributed by atoms with Gasteiger partial charge in [0.1, 0.15) is 11.6 Å². The second-order valence-corrected chi connectivity index (χ2v) is 6.22. The summed E-state index contributed by atoms with van der Waals surface area (Å²) < 4.78 is 0. The molecule has 2 heterocycles. The first-order valence-electron chi connectivity index (χ1n) is 7.09. The number of aromatic nitrogens is 2. The Morgan fingerprint density at radius 2 is 1.80 bits per heavy atom. The Bertz CT molecular complexity index is 429. The Labute approximate surface area is 120 Å². The highest BCUT2D eigenvalue weighted by molar-refractivity contribution is 5.29. The van der Waals surface area contributed by atoms with E-state index in [4.69, 9.17) is 5.73 Å². The lowest BCUT2D eigenvalue weighted by molar-refractivity contribution is 0.0163. The Balaban J connectivity index is 1.85. The molecule has 3 N–H and O–H groups in total. The minimum atomic E-state index is -0.629. The standard InChI is InChI=1S/C14H25N5O/c1-11-8-12(15)17-13(16-11)9-18-4-6-19(7-5-18)10-14(2,3)20/h8,20H,4-7,9-10H2,1-3H3,(H2,15,16,17). The molecule has 6 heteroatoms. The van der Waals surface area contributed by atoms with Gasteiger partial charge in [-0.2, -0.15) is 0 Å². The first-order chi connectivity index (χ1) is 9.32. The van der Waals surface area contributed by atoms with Crippen LogP contribution in [0.1, 0.15) is 25.4 Å². The largest absolute Gasteiger partial charge is 0.389 e. The molecule has 1 fully saturated rings. The minimum absolute atomic E-state index is 0.535. The second-order valence-electron chi connectivity index (χ2n) is 6.22. The maximum atomic E-state index is 9.84. The molecule has 112 valence electrons. The first-order valence-corrected chi connectivity index (χ1v) is 7.09. The lowest BCUT2D eigenvalue weighted by Gasteiger charge is -2.37. The Morgan fingerprint density at radius 3 is 2.35 bits per heavy atom. The number of β-amino-alcohol motifs (C(OH)–C–C–N with tert-alkyl or cyclic N) is 1. The average molecular weight is 279 g/mol. The molecule has 0 spiro atoms. The molecular formula is C14H25N5O. The van der Waals surface area contributed by atoms with Crippen LogP contribution in [0.25, 0.3) is 0 Å². The van der Waals surface area contributed by atoms with E-state index in [0.29, 0.717) is 12.4 Å². The maximum Gasteiger partial charge on any atom is 0.144 e. The normalized spacial score (nSPS) is 18.4. The summed E-state index contributed by atoms with van der Waals surface area (Å²) >= 11 is 0. The van der Waals surface area contributed by atoms with Crippen molar-refractivity contribution in [1.29, 1.82) is 0 Å². The van der Waals surface area contributed by atoms with Crippen LogP contribution >= 0.6 is 0 Å². The lowest BCUT2D eigenvalue weighted by Crippen LogP contribution is -2.50. The van der Waals surface area contributed by atoms with Crippen LogP contribution in [0.3, 0.4) is 0 Å². The molecule has 0 saturated carbocycles. The van der Waals surface area contributed by atoms with Crippen LogP contribution in [0.2, 0.25) is 0 Å². The molecule has 0 aromatic carbocycles. The highest BCUT2D eigenvalue weighted by atomic mass is 16.3. The third kappa shape index (κ3) is 4.70. The van der Waals surface area contributed by atoms with Crippen LogP contribution in [0.5, 0.6) is 0 Å². The van der Waals surface area contributed by atoms with E-state index < -0.39 is 5.60 Å². The topological polar surface area (TPSA) is 78.5 Å². The van der Waals surface area contributed by atoms with Gasteiger partial charge in [0.15, 0.2) is 0 Å². The van der Waals surface area contributed by atoms with Gasteiger partial charge in [0.2, 0.25) is 0 Å². The number of nitrogens with two attached hydrogens (primary N) is 1. The van der Waals surface area contributed by atoms with Crippen molar-refractivity contribution < 1.29 is 5.11 Å². The van der Waals surface area contributed by atoms with Crippen molar-refractivity contribution in [2.24, 2.45) is 0 Å². The third-order valence-electron chi connectivity index (χ3n) is 3.36. The predicted octanol–water partition coefficient (Wildman–Crippen LogP) is 0.256. The second kappa shape index (κ2) is 6.03. The van der Waals surface area contributed by atoms with Crippen LogP contribution in [-0.2, 0) is 6.54 Å². The molecule has 1 aromatic heterocycles. The van der Waals surface area contributed by atoms with Crippen molar-refractivity contribution in [3.05, 3.63) is 17.6 Å². The number of aryl methyl sites for hydroxylation is 1. The van der Waals surface area contributed by atoms with E-state index in [9.17, 15) is 5.11 Å². The van der Waals surface area contributed by atoms with Gasteiger partial charge < -0.3 is 10.8 Å². The fourth-order valence-electron chi connectivity index (χ4n) is 2.58. The van der Waals surface area contributed by atoms with E-state index in [1.54, 1.807) is 6.07 Å². The Kier molecular flexibility index (Phi) is 4.57. The Morgan fingerprint density at radius 1 is 1.20 bits per heavy atom. The molecular weight excluding hydrogens is 254 g/mol. The van der Waals surface area contributed by atoms with Crippen LogP contribution in [0.4, 0.5) is 5.82 Å². The van der Waals surface area contributed by atoms with Gasteiger partial charge in [0, 0.05) is 44.5 Å². The van der Waals surface area contributed by atoms with Crippen molar-refractivity contribution in [3.8, 4) is 0 Å². The molecule has 20 heavy (non-hydrogen) atoms. The quantitative estimate of drug-likeness (QED) is 0.823. The predicted molar refractivity (Wildman–Crippen MR) is 79.2 cm³/mol. The molecule has 0 radical (unpaired) electrons. The van der Waals surface area contributed by atoms with Crippen molar-refractivity contribution >= 4 is 5.82 Å². The Hall–Kier alpha value is -1.24. The van der Waals surface area contributed by atoms with Gasteiger partial charge in [-0.3, -0.25) is 9.80 Å². The summed E-state index contributed by atoms with van der Waals surface area (Å²) in [6.07, 6.45) is 0. The summed E-state index contributed by atoms with van der Waals surface area (Å²) in [5, 5.41) is 9.84. The third-order valence-corrected chi connectivity index (χ3v) is 3.36. The van der Waals surface area contributed by atoms with E-state index in [2.05, 4.69) is 19.8 Å². The lowest BCUT2D eigenvalue weighted by atomic mass is 10.1. The van der Waals surface area contributed by atoms with Crippen molar-refractivity contribution in [2.45, 2.75) is 32.9 Å². The monoisotopic (exact) mass is 279 g/mol. The molecule has 0 bridgehead atoms. The molecule has 1 aromatic rings. The zero-order valence-electron chi connectivity index (χ0n) is 12.6. The molecule has 2 rings (SSSR count). The number of nitrogens with zero attached hydrogens (tertiary/aromatic N) is 4. The summed E-state index contributed by atoms with van der Waals surface area (Å²) in [5.74, 6) is 1.33. The highest BCUT2D eigenvalue weighted by Gasteiger charge is 2.23. The van der Waals surface area contributed by atoms with Gasteiger partial charge in [-0.05, 0) is 20.8 Å². The fraction of sp³-hybridized carbons (Fsp3) is 0.714. The number of aliphatic hydroxyl groups is 1. The molecule has 0 aliphatic carbocycles. The van der Waals surface area contributed by atoms with Crippen molar-refractivity contribution in [1.82, 2.24) is 19.8 Å². The van der Waals surface area contributed by atoms with Gasteiger partial charge in [0.05, 0.1) is 12.1 Å². The van der Waals surface area contributed by atoms with Gasteiger partial charge in [-0.15, -0.1) is 0 Å². The van der Waals surface area contributed by atoms with E-state index in [0.717, 1.165) is 44.2 Å². The summed E-state index contributed by atoms with van der Waals surface area (Å²) in [6, 6.07) is 1.78. The molecule has 0 unspecified atom stereocenters. The van der Waals surface area contributed by atoms with Crippen LogP contribution in [0.15, 0.2) is 6.07 Å². The number of rotatable bonds is 4. The van der Waals surface area contributed by atoms with E-state index in [-0.39, 0.29) is 0 Å². The summed E-state index contributed by atoms with van der Waals surface area (Å²) in [5.41, 5.74) is 6.03. The number of piperazine rings is 1. The zero-order chi connectivity index (χ0) is 14.8. The molecule has 0 atom stereocenters. The fourth-order valence-corrected chi connectivity index (χ4v) is 2.58. The molecule has 0 amide bonds. The number of hydrogen-bond donors (Lipinski definition) is 2. The highest BCUT2D eigenvalue weighted by Crippen LogP contribution is 2.11. The summed E-state index contributed by atoms with van der Waals surface area (Å²) in [7, 11) is 0. The molecule has 1 aliphatic heterocycles. The zero-order valence-corrected chi connectivity index (χ0v) is 12.6. The number of hydrogen-bond acceptors (Lipinski definition) is 6. The smallest absolute Gasteiger partial charge is 0.144 e. The first kappa shape index (κ1) is 15.2. The van der Waals surface area contributed by atoms with E-state index >= 15 is 0 Å². The SMILES string of the molecule is Cc1cc(N)nc(CN2CCN(CC(C)(C)O)CC2)n1. The van der Waals surface area contributed by atoms with Crippen LogP contribution < -0.4 is 5.73 Å². The van der Waals surface area contributed by atoms with Gasteiger partial charge in [-0.1, -0.05) is 0 Å². The summed E-state index contributed by atoms with van der Waals surface area (Å²) in [4.78, 5) is 13.3. The summed E-state index contributed by atoms with van der Waals surface area (Å²) in [6.45, 7) is 10.9. The molecule has 1 saturated heterocycles. The van der Waals surface area contributed by atoms with Crippen molar-refractivity contribution in [2.75, 3.05) is 38.5 Å². The average Bonchev–Trinajstić information content (AvgIpc) is 2.28. The minimum Gasteiger partial charge on any atom is -0.389 e. The van der Waals surface area contributed by atoms with Gasteiger partial charge >= 0.3 is 0 Å². The maximum absolute atomic E-state index is 9.84. The van der Waals surface area contributed by atoms with Crippen molar-refractivity contribution in [3.63, 3.8) is 0 Å². The number of anilines is 1. The van der Waals surface area contributed by atoms with Crippen LogP contribution in [-0.4, -0.2) is 63.2 Å². The number of nitrogen functional groups attached to an aromatic ring is 1. The van der Waals surface area contributed by atoms with E-state index in [1.165, 1.54) is 0 Å². The van der Waals surface area contributed by atoms with Crippen LogP contribution in [0, 0.1) is 6.92 Å².